The monoisotopic (exact) mass is 318 g/mol. The highest BCUT2D eigenvalue weighted by Gasteiger charge is 2.25. The Balaban J connectivity index is 2.01. The fourth-order valence-corrected chi connectivity index (χ4v) is 2.82. The summed E-state index contributed by atoms with van der Waals surface area (Å²) in [4.78, 5) is 4.14. The van der Waals surface area contributed by atoms with Crippen LogP contribution in [0.15, 0.2) is 6.20 Å². The van der Waals surface area contributed by atoms with Gasteiger partial charge in [0, 0.05) is 6.61 Å². The van der Waals surface area contributed by atoms with Gasteiger partial charge in [-0.3, -0.25) is 0 Å². The summed E-state index contributed by atoms with van der Waals surface area (Å²) in [5.74, 6) is 2.26. The Morgan fingerprint density at radius 2 is 2.35 bits per heavy atom. The predicted octanol–water partition coefficient (Wildman–Crippen LogP) is 1.53. The lowest BCUT2D eigenvalue weighted by atomic mass is 10.1. The molecule has 0 radical (unpaired) electrons. The second kappa shape index (κ2) is 6.14. The fraction of sp³-hybridized carbons (Fsp3) is 0.500. The fourth-order valence-electron chi connectivity index (χ4n) is 2.82. The summed E-state index contributed by atoms with van der Waals surface area (Å²) < 4.78 is 21.1. The second-order valence-electron chi connectivity index (χ2n) is 5.93. The van der Waals surface area contributed by atoms with Crippen molar-refractivity contribution in [2.75, 3.05) is 18.5 Å². The largest absolute Gasteiger partial charge is 0.389 e. The minimum absolute atomic E-state index is 0.00877. The topological polar surface area (TPSA) is 71.7 Å². The Kier molecular flexibility index (Phi) is 4.20. The van der Waals surface area contributed by atoms with Crippen molar-refractivity contribution in [1.29, 1.82) is 0 Å². The molecule has 2 aromatic rings. The SMILES string of the molecule is C#Cc1c(F)c2cnc(N[C@@H]3CCOC[C@H]3O)nn2c1C(C)C. The Morgan fingerprint density at radius 1 is 1.57 bits per heavy atom. The van der Waals surface area contributed by atoms with E-state index in [1.807, 2.05) is 13.8 Å². The van der Waals surface area contributed by atoms with Crippen LogP contribution in [0.1, 0.15) is 37.4 Å². The standard InChI is InChI=1S/C16H19FN4O2/c1-4-10-14(17)12-7-18-16(20-21(12)15(10)9(2)3)19-11-5-6-23-8-13(11)22/h1,7,9,11,13,22H,5-6,8H2,2-3H3,(H,19,20)/t11-,13-/m1/s1. The predicted molar refractivity (Wildman–Crippen MR) is 83.8 cm³/mol. The molecule has 0 amide bonds. The summed E-state index contributed by atoms with van der Waals surface area (Å²) in [7, 11) is 0. The number of fused-ring (bicyclic) bond motifs is 1. The Hall–Kier alpha value is -2.17. The molecule has 3 rings (SSSR count). The van der Waals surface area contributed by atoms with Crippen LogP contribution in [-0.2, 0) is 4.74 Å². The number of anilines is 1. The maximum atomic E-state index is 14.4. The number of halogens is 1. The smallest absolute Gasteiger partial charge is 0.241 e. The van der Waals surface area contributed by atoms with Gasteiger partial charge in [0.15, 0.2) is 5.82 Å². The Morgan fingerprint density at radius 3 is 3.00 bits per heavy atom. The third-order valence-corrected chi connectivity index (χ3v) is 3.99. The number of rotatable bonds is 3. The number of nitrogens with one attached hydrogen (secondary N) is 1. The molecule has 0 aliphatic carbocycles. The first-order valence-corrected chi connectivity index (χ1v) is 7.59. The van der Waals surface area contributed by atoms with Crippen molar-refractivity contribution >= 4 is 11.5 Å². The Bertz CT molecular complexity index is 766. The average Bonchev–Trinajstić information content (AvgIpc) is 2.81. The van der Waals surface area contributed by atoms with E-state index in [2.05, 4.69) is 21.3 Å². The van der Waals surface area contributed by atoms with Crippen molar-refractivity contribution in [3.8, 4) is 12.3 Å². The summed E-state index contributed by atoms with van der Waals surface area (Å²) in [6, 6.07) is -0.198. The lowest BCUT2D eigenvalue weighted by Gasteiger charge is -2.28. The van der Waals surface area contributed by atoms with Crippen LogP contribution >= 0.6 is 0 Å². The molecule has 1 aliphatic rings. The molecule has 0 bridgehead atoms. The third kappa shape index (κ3) is 2.76. The highest BCUT2D eigenvalue weighted by atomic mass is 19.1. The van der Waals surface area contributed by atoms with Gasteiger partial charge in [0.25, 0.3) is 0 Å². The summed E-state index contributed by atoms with van der Waals surface area (Å²) in [6.45, 7) is 4.70. The van der Waals surface area contributed by atoms with Crippen molar-refractivity contribution in [1.82, 2.24) is 14.6 Å². The summed E-state index contributed by atoms with van der Waals surface area (Å²) >= 11 is 0. The highest BCUT2D eigenvalue weighted by Crippen LogP contribution is 2.27. The van der Waals surface area contributed by atoms with Gasteiger partial charge in [-0.05, 0) is 12.3 Å². The van der Waals surface area contributed by atoms with Crippen LogP contribution < -0.4 is 5.32 Å². The van der Waals surface area contributed by atoms with E-state index in [1.54, 1.807) is 0 Å². The van der Waals surface area contributed by atoms with Crippen LogP contribution in [0.5, 0.6) is 0 Å². The molecule has 1 fully saturated rings. The Labute approximate surface area is 133 Å². The van der Waals surface area contributed by atoms with Gasteiger partial charge >= 0.3 is 0 Å². The van der Waals surface area contributed by atoms with Crippen molar-refractivity contribution < 1.29 is 14.2 Å². The van der Waals surface area contributed by atoms with Gasteiger partial charge in [-0.25, -0.2) is 13.9 Å². The van der Waals surface area contributed by atoms with E-state index in [-0.39, 0.29) is 29.6 Å². The molecule has 2 aromatic heterocycles. The van der Waals surface area contributed by atoms with Crippen LogP contribution in [0.2, 0.25) is 0 Å². The van der Waals surface area contributed by atoms with Crippen LogP contribution in [0.4, 0.5) is 10.3 Å². The molecule has 1 saturated heterocycles. The minimum Gasteiger partial charge on any atom is -0.389 e. The van der Waals surface area contributed by atoms with Crippen LogP contribution in [0.25, 0.3) is 5.52 Å². The highest BCUT2D eigenvalue weighted by molar-refractivity contribution is 5.59. The van der Waals surface area contributed by atoms with Gasteiger partial charge in [-0.2, -0.15) is 0 Å². The minimum atomic E-state index is -0.629. The first kappa shape index (κ1) is 15.7. The zero-order valence-corrected chi connectivity index (χ0v) is 13.1. The van der Waals surface area contributed by atoms with E-state index in [0.717, 1.165) is 0 Å². The lowest BCUT2D eigenvalue weighted by Crippen LogP contribution is -2.42. The molecule has 6 nitrogen and oxygen atoms in total. The third-order valence-electron chi connectivity index (χ3n) is 3.99. The summed E-state index contributed by atoms with van der Waals surface area (Å²) in [5.41, 5.74) is 1.11. The van der Waals surface area contributed by atoms with Gasteiger partial charge in [-0.15, -0.1) is 11.5 Å². The zero-order chi connectivity index (χ0) is 16.6. The van der Waals surface area contributed by atoms with E-state index in [4.69, 9.17) is 11.2 Å². The molecule has 0 unspecified atom stereocenters. The first-order valence-electron chi connectivity index (χ1n) is 7.59. The van der Waals surface area contributed by atoms with E-state index < -0.39 is 11.9 Å². The number of aliphatic hydroxyl groups is 1. The zero-order valence-electron chi connectivity index (χ0n) is 13.1. The van der Waals surface area contributed by atoms with Crippen molar-refractivity contribution in [3.63, 3.8) is 0 Å². The molecule has 0 spiro atoms. The van der Waals surface area contributed by atoms with E-state index >= 15 is 0 Å². The number of nitrogens with zero attached hydrogens (tertiary/aromatic N) is 3. The number of hydrogen-bond acceptors (Lipinski definition) is 5. The number of aliphatic hydroxyl groups excluding tert-OH is 1. The summed E-state index contributed by atoms with van der Waals surface area (Å²) in [6.07, 6.45) is 6.87. The van der Waals surface area contributed by atoms with E-state index in [0.29, 0.717) is 24.7 Å². The number of ether oxygens (including phenoxy) is 1. The van der Waals surface area contributed by atoms with Gasteiger partial charge in [0.05, 0.1) is 36.2 Å². The molecule has 0 aromatic carbocycles. The number of aromatic nitrogens is 3. The van der Waals surface area contributed by atoms with Gasteiger partial charge in [0.2, 0.25) is 5.95 Å². The molecule has 122 valence electrons. The lowest BCUT2D eigenvalue weighted by molar-refractivity contribution is -0.0136. The molecular weight excluding hydrogens is 299 g/mol. The summed E-state index contributed by atoms with van der Waals surface area (Å²) in [5, 5.41) is 17.4. The first-order chi connectivity index (χ1) is 11.0. The maximum absolute atomic E-state index is 14.4. The molecule has 23 heavy (non-hydrogen) atoms. The van der Waals surface area contributed by atoms with Gasteiger partial charge in [0.1, 0.15) is 5.52 Å². The molecular formula is C16H19FN4O2. The molecule has 2 N–H and O–H groups in total. The average molecular weight is 318 g/mol. The van der Waals surface area contributed by atoms with E-state index in [9.17, 15) is 9.50 Å². The van der Waals surface area contributed by atoms with Crippen LogP contribution in [0.3, 0.4) is 0 Å². The van der Waals surface area contributed by atoms with E-state index in [1.165, 1.54) is 10.7 Å². The van der Waals surface area contributed by atoms with Crippen molar-refractivity contribution in [2.24, 2.45) is 0 Å². The van der Waals surface area contributed by atoms with Crippen LogP contribution in [-0.4, -0.2) is 45.1 Å². The normalized spacial score (nSPS) is 21.6. The van der Waals surface area contributed by atoms with Gasteiger partial charge < -0.3 is 15.2 Å². The van der Waals surface area contributed by atoms with Crippen molar-refractivity contribution in [2.45, 2.75) is 38.3 Å². The molecule has 0 saturated carbocycles. The molecule has 3 heterocycles. The number of terminal acetylenes is 1. The maximum Gasteiger partial charge on any atom is 0.241 e. The number of hydrogen-bond donors (Lipinski definition) is 2. The molecule has 7 heteroatoms. The van der Waals surface area contributed by atoms with Crippen molar-refractivity contribution in [3.05, 3.63) is 23.3 Å². The molecule has 1 aliphatic heterocycles. The second-order valence-corrected chi connectivity index (χ2v) is 5.93. The quantitative estimate of drug-likeness (QED) is 0.840. The van der Waals surface area contributed by atoms with Crippen LogP contribution in [0, 0.1) is 18.2 Å². The molecule has 2 atom stereocenters. The van der Waals surface area contributed by atoms with Gasteiger partial charge in [-0.1, -0.05) is 19.8 Å².